The van der Waals surface area contributed by atoms with Gasteiger partial charge in [0.05, 0.1) is 17.0 Å². The van der Waals surface area contributed by atoms with Crippen molar-refractivity contribution < 1.29 is 14.3 Å². The highest BCUT2D eigenvalue weighted by molar-refractivity contribution is 7.20. The molecular weight excluding hydrogens is 380 g/mol. The zero-order valence-corrected chi connectivity index (χ0v) is 16.7. The molecule has 0 saturated carbocycles. The Bertz CT molecular complexity index is 902. The molecule has 0 radical (unpaired) electrons. The lowest BCUT2D eigenvalue weighted by Gasteiger charge is -2.13. The second kappa shape index (κ2) is 8.92. The SMILES string of the molecule is Cc1ccc(CNC(=O)[C@H](C)OC(=O)Cc2csc(-c3cccs3)n2)cc1. The van der Waals surface area contributed by atoms with E-state index < -0.39 is 12.1 Å². The van der Waals surface area contributed by atoms with E-state index in [0.717, 1.165) is 21.0 Å². The van der Waals surface area contributed by atoms with Gasteiger partial charge < -0.3 is 10.1 Å². The lowest BCUT2D eigenvalue weighted by Crippen LogP contribution is -2.35. The Morgan fingerprint density at radius 1 is 1.19 bits per heavy atom. The van der Waals surface area contributed by atoms with Crippen LogP contribution >= 0.6 is 22.7 Å². The van der Waals surface area contributed by atoms with Gasteiger partial charge in [0.15, 0.2) is 6.10 Å². The minimum Gasteiger partial charge on any atom is -0.452 e. The Balaban J connectivity index is 1.46. The molecule has 1 aromatic carbocycles. The molecule has 2 aromatic heterocycles. The number of rotatable bonds is 7. The third-order valence-corrected chi connectivity index (χ3v) is 5.80. The number of carbonyl (C=O) groups excluding carboxylic acids is 2. The summed E-state index contributed by atoms with van der Waals surface area (Å²) >= 11 is 3.10. The van der Waals surface area contributed by atoms with Gasteiger partial charge in [-0.2, -0.15) is 0 Å². The summed E-state index contributed by atoms with van der Waals surface area (Å²) in [7, 11) is 0. The van der Waals surface area contributed by atoms with E-state index in [2.05, 4.69) is 10.3 Å². The summed E-state index contributed by atoms with van der Waals surface area (Å²) < 4.78 is 5.24. The molecule has 0 spiro atoms. The molecule has 1 N–H and O–H groups in total. The molecule has 0 aliphatic rings. The third-order valence-electron chi connectivity index (χ3n) is 3.87. The van der Waals surface area contributed by atoms with E-state index in [1.807, 2.05) is 54.1 Å². The Morgan fingerprint density at radius 2 is 1.96 bits per heavy atom. The first-order valence-corrected chi connectivity index (χ1v) is 10.3. The van der Waals surface area contributed by atoms with Crippen molar-refractivity contribution in [2.75, 3.05) is 0 Å². The molecule has 0 unspecified atom stereocenters. The molecule has 0 fully saturated rings. The predicted octanol–water partition coefficient (Wildman–Crippen LogP) is 3.97. The number of hydrogen-bond donors (Lipinski definition) is 1. The van der Waals surface area contributed by atoms with Gasteiger partial charge in [-0.05, 0) is 30.9 Å². The van der Waals surface area contributed by atoms with E-state index in [4.69, 9.17) is 4.74 Å². The molecule has 0 saturated heterocycles. The van der Waals surface area contributed by atoms with Gasteiger partial charge in [0.2, 0.25) is 0 Å². The van der Waals surface area contributed by atoms with Crippen molar-refractivity contribution in [2.45, 2.75) is 32.9 Å². The monoisotopic (exact) mass is 400 g/mol. The van der Waals surface area contributed by atoms with Gasteiger partial charge in [0, 0.05) is 11.9 Å². The topological polar surface area (TPSA) is 68.3 Å². The summed E-state index contributed by atoms with van der Waals surface area (Å²) in [4.78, 5) is 29.8. The summed E-state index contributed by atoms with van der Waals surface area (Å²) in [6.07, 6.45) is -0.796. The fraction of sp³-hybridized carbons (Fsp3) is 0.250. The zero-order valence-electron chi connectivity index (χ0n) is 15.1. The van der Waals surface area contributed by atoms with E-state index >= 15 is 0 Å². The molecular formula is C20H20N2O3S2. The number of nitrogens with one attached hydrogen (secondary N) is 1. The van der Waals surface area contributed by atoms with Crippen molar-refractivity contribution >= 4 is 34.6 Å². The van der Waals surface area contributed by atoms with E-state index in [1.54, 1.807) is 18.3 Å². The quantitative estimate of drug-likeness (QED) is 0.609. The second-order valence-corrected chi connectivity index (χ2v) is 7.94. The fourth-order valence-corrected chi connectivity index (χ4v) is 4.01. The van der Waals surface area contributed by atoms with Crippen LogP contribution in [0.5, 0.6) is 0 Å². The fourth-order valence-electron chi connectivity index (χ4n) is 2.38. The number of amides is 1. The van der Waals surface area contributed by atoms with Crippen LogP contribution in [0.4, 0.5) is 0 Å². The van der Waals surface area contributed by atoms with Gasteiger partial charge in [-0.15, -0.1) is 22.7 Å². The van der Waals surface area contributed by atoms with E-state index in [9.17, 15) is 9.59 Å². The molecule has 27 heavy (non-hydrogen) atoms. The Morgan fingerprint density at radius 3 is 2.67 bits per heavy atom. The molecule has 0 aliphatic heterocycles. The molecule has 3 aromatic rings. The third kappa shape index (κ3) is 5.48. The van der Waals surface area contributed by atoms with Crippen molar-refractivity contribution in [1.29, 1.82) is 0 Å². The highest BCUT2D eigenvalue weighted by Crippen LogP contribution is 2.27. The molecule has 1 amide bonds. The van der Waals surface area contributed by atoms with Gasteiger partial charge in [0.25, 0.3) is 5.91 Å². The van der Waals surface area contributed by atoms with Crippen molar-refractivity contribution in [3.63, 3.8) is 0 Å². The standard InChI is InChI=1S/C20H20N2O3S2/c1-13-5-7-15(8-6-13)11-21-19(24)14(2)25-18(23)10-16-12-27-20(22-16)17-4-3-9-26-17/h3-9,12,14H,10-11H2,1-2H3,(H,21,24)/t14-/m0/s1. The van der Waals surface area contributed by atoms with Crippen LogP contribution in [-0.4, -0.2) is 23.0 Å². The minimum atomic E-state index is -0.849. The van der Waals surface area contributed by atoms with E-state index in [1.165, 1.54) is 11.3 Å². The average molecular weight is 401 g/mol. The molecule has 0 bridgehead atoms. The number of hydrogen-bond acceptors (Lipinski definition) is 6. The van der Waals surface area contributed by atoms with Crippen molar-refractivity contribution in [3.05, 3.63) is 64.0 Å². The van der Waals surface area contributed by atoms with E-state index in [-0.39, 0.29) is 12.3 Å². The molecule has 3 rings (SSSR count). The molecule has 5 nitrogen and oxygen atoms in total. The number of thiophene rings is 1. The first kappa shape index (κ1) is 19.3. The Labute approximate surface area is 166 Å². The number of aryl methyl sites for hydroxylation is 1. The summed E-state index contributed by atoms with van der Waals surface area (Å²) in [5.41, 5.74) is 2.81. The second-order valence-electron chi connectivity index (χ2n) is 6.13. The minimum absolute atomic E-state index is 0.0530. The predicted molar refractivity (Wildman–Crippen MR) is 108 cm³/mol. The zero-order chi connectivity index (χ0) is 19.2. The molecule has 7 heteroatoms. The summed E-state index contributed by atoms with van der Waals surface area (Å²) in [5, 5.41) is 7.50. The summed E-state index contributed by atoms with van der Waals surface area (Å²) in [6, 6.07) is 11.9. The first-order valence-electron chi connectivity index (χ1n) is 8.52. The molecule has 2 heterocycles. The van der Waals surface area contributed by atoms with Crippen molar-refractivity contribution in [2.24, 2.45) is 0 Å². The van der Waals surface area contributed by atoms with Gasteiger partial charge >= 0.3 is 5.97 Å². The largest absolute Gasteiger partial charge is 0.452 e. The van der Waals surface area contributed by atoms with Gasteiger partial charge in [-0.3, -0.25) is 9.59 Å². The lowest BCUT2D eigenvalue weighted by atomic mass is 10.1. The normalized spacial score (nSPS) is 11.8. The van der Waals surface area contributed by atoms with Crippen LogP contribution < -0.4 is 5.32 Å². The maximum atomic E-state index is 12.1. The maximum absolute atomic E-state index is 12.1. The van der Waals surface area contributed by atoms with Crippen molar-refractivity contribution in [3.8, 4) is 9.88 Å². The average Bonchev–Trinajstić information content (AvgIpc) is 3.32. The molecule has 1 atom stereocenters. The van der Waals surface area contributed by atoms with Gasteiger partial charge in [0.1, 0.15) is 5.01 Å². The number of esters is 1. The highest BCUT2D eigenvalue weighted by atomic mass is 32.1. The van der Waals surface area contributed by atoms with Crippen LogP contribution in [0.15, 0.2) is 47.2 Å². The molecule has 140 valence electrons. The maximum Gasteiger partial charge on any atom is 0.312 e. The van der Waals surface area contributed by atoms with Crippen LogP contribution in [0, 0.1) is 6.92 Å². The number of thiazole rings is 1. The number of nitrogens with zero attached hydrogens (tertiary/aromatic N) is 1. The first-order chi connectivity index (χ1) is 13.0. The van der Waals surface area contributed by atoms with Crippen LogP contribution in [-0.2, 0) is 27.3 Å². The smallest absolute Gasteiger partial charge is 0.312 e. The molecule has 0 aliphatic carbocycles. The Hall–Kier alpha value is -2.51. The van der Waals surface area contributed by atoms with Crippen LogP contribution in [0.1, 0.15) is 23.7 Å². The van der Waals surface area contributed by atoms with Crippen LogP contribution in [0.2, 0.25) is 0 Å². The number of aromatic nitrogens is 1. The lowest BCUT2D eigenvalue weighted by molar-refractivity contribution is -0.154. The number of ether oxygens (including phenoxy) is 1. The van der Waals surface area contributed by atoms with Crippen LogP contribution in [0.3, 0.4) is 0 Å². The van der Waals surface area contributed by atoms with Gasteiger partial charge in [-0.1, -0.05) is 35.9 Å². The van der Waals surface area contributed by atoms with Gasteiger partial charge in [-0.25, -0.2) is 4.98 Å². The van der Waals surface area contributed by atoms with E-state index in [0.29, 0.717) is 12.2 Å². The summed E-state index contributed by atoms with van der Waals surface area (Å²) in [5.74, 6) is -0.780. The van der Waals surface area contributed by atoms with Crippen molar-refractivity contribution in [1.82, 2.24) is 10.3 Å². The van der Waals surface area contributed by atoms with Crippen LogP contribution in [0.25, 0.3) is 9.88 Å². The highest BCUT2D eigenvalue weighted by Gasteiger charge is 2.19. The number of carbonyl (C=O) groups is 2. The summed E-state index contributed by atoms with van der Waals surface area (Å²) in [6.45, 7) is 3.98. The number of benzene rings is 1. The Kier molecular flexibility index (Phi) is 6.36.